The summed E-state index contributed by atoms with van der Waals surface area (Å²) in [7, 11) is 0. The van der Waals surface area contributed by atoms with Gasteiger partial charge < -0.3 is 0 Å². The van der Waals surface area contributed by atoms with E-state index in [4.69, 9.17) is 0 Å². The molecule has 0 bridgehead atoms. The zero-order valence-corrected chi connectivity index (χ0v) is 10.1. The quantitative estimate of drug-likeness (QED) is 0.473. The van der Waals surface area contributed by atoms with Gasteiger partial charge in [0.05, 0.1) is 12.4 Å². The third kappa shape index (κ3) is 3.05. The van der Waals surface area contributed by atoms with Crippen molar-refractivity contribution in [2.75, 3.05) is 6.61 Å². The Kier molecular flexibility index (Phi) is 5.21. The van der Waals surface area contributed by atoms with Crippen molar-refractivity contribution in [3.05, 3.63) is 34.6 Å². The van der Waals surface area contributed by atoms with Crippen molar-refractivity contribution in [2.45, 2.75) is 19.1 Å². The van der Waals surface area contributed by atoms with E-state index >= 15 is 0 Å². The summed E-state index contributed by atoms with van der Waals surface area (Å²) in [5, 5.41) is 0. The maximum absolute atomic E-state index is 13.2. The Morgan fingerprint density at radius 3 is 1.83 bits per heavy atom. The molecular formula is C10H9F5O2S. The smallest absolute Gasteiger partial charge is 0.200 e. The minimum absolute atomic E-state index is 0.0575. The summed E-state index contributed by atoms with van der Waals surface area (Å²) < 4.78 is 80.5. The normalized spacial score (nSPS) is 12.8. The fourth-order valence-electron chi connectivity index (χ4n) is 1.11. The van der Waals surface area contributed by atoms with Gasteiger partial charge in [-0.15, -0.1) is 0 Å². The topological polar surface area (TPSA) is 26.3 Å². The van der Waals surface area contributed by atoms with Gasteiger partial charge in [0.1, 0.15) is 0 Å². The largest absolute Gasteiger partial charge is 0.290 e. The molecule has 1 rings (SSSR count). The third-order valence-electron chi connectivity index (χ3n) is 1.98. The summed E-state index contributed by atoms with van der Waals surface area (Å²) in [6, 6.07) is 0. The number of rotatable bonds is 5. The second-order valence-corrected chi connectivity index (χ2v) is 4.45. The molecule has 0 radical (unpaired) electrons. The van der Waals surface area contributed by atoms with Crippen LogP contribution in [0.5, 0.6) is 0 Å². The van der Waals surface area contributed by atoms with Gasteiger partial charge in [0.25, 0.3) is 0 Å². The molecule has 2 nitrogen and oxygen atoms in total. The van der Waals surface area contributed by atoms with E-state index in [1.165, 1.54) is 0 Å². The average Bonchev–Trinajstić information content (AvgIpc) is 2.36. The molecule has 1 unspecified atom stereocenters. The lowest BCUT2D eigenvalue weighted by Crippen LogP contribution is -2.11. The number of hydrogen-bond acceptors (Lipinski definition) is 2. The molecule has 0 amide bonds. The summed E-state index contributed by atoms with van der Waals surface area (Å²) >= 11 is -2.15. The first-order valence-corrected chi connectivity index (χ1v) is 6.16. The molecule has 0 aliphatic carbocycles. The summed E-state index contributed by atoms with van der Waals surface area (Å²) in [5.74, 6) is -11.2. The maximum Gasteiger partial charge on any atom is 0.200 e. The van der Waals surface area contributed by atoms with Crippen molar-refractivity contribution >= 4 is 11.1 Å². The second-order valence-electron chi connectivity index (χ2n) is 3.32. The first-order valence-electron chi connectivity index (χ1n) is 4.92. The van der Waals surface area contributed by atoms with Gasteiger partial charge >= 0.3 is 0 Å². The molecular weight excluding hydrogens is 279 g/mol. The van der Waals surface area contributed by atoms with E-state index in [9.17, 15) is 26.2 Å². The lowest BCUT2D eigenvalue weighted by molar-refractivity contribution is 0.343. The highest BCUT2D eigenvalue weighted by atomic mass is 32.2. The van der Waals surface area contributed by atoms with Gasteiger partial charge in [0.15, 0.2) is 34.3 Å². The number of hydrogen-bond donors (Lipinski definition) is 0. The molecule has 1 atom stereocenters. The van der Waals surface area contributed by atoms with Crippen molar-refractivity contribution < 1.29 is 30.3 Å². The lowest BCUT2D eigenvalue weighted by Gasteiger charge is -2.07. The van der Waals surface area contributed by atoms with Gasteiger partial charge in [-0.25, -0.2) is 26.2 Å². The molecule has 0 aliphatic rings. The zero-order chi connectivity index (χ0) is 13.9. The Balaban J connectivity index is 3.06. The summed E-state index contributed by atoms with van der Waals surface area (Å²) in [4.78, 5) is 0. The molecule has 0 aliphatic heterocycles. The Morgan fingerprint density at radius 1 is 0.944 bits per heavy atom. The molecule has 18 heavy (non-hydrogen) atoms. The summed E-state index contributed by atoms with van der Waals surface area (Å²) in [5.41, 5.74) is -1.14. The van der Waals surface area contributed by atoms with Crippen molar-refractivity contribution in [2.24, 2.45) is 0 Å². The Bertz CT molecular complexity index is 449. The first kappa shape index (κ1) is 15.0. The average molecular weight is 288 g/mol. The lowest BCUT2D eigenvalue weighted by atomic mass is 10.2. The zero-order valence-electron chi connectivity index (χ0n) is 9.24. The van der Waals surface area contributed by atoms with Crippen LogP contribution in [-0.2, 0) is 21.0 Å². The first-order chi connectivity index (χ1) is 8.40. The maximum atomic E-state index is 13.2. The van der Waals surface area contributed by atoms with Crippen molar-refractivity contribution in [3.8, 4) is 0 Å². The molecule has 0 heterocycles. The summed E-state index contributed by atoms with van der Waals surface area (Å²) in [6.07, 6.45) is 0.503. The number of halogens is 5. The molecule has 102 valence electrons. The SMILES string of the molecule is CCCOS(=O)Cc1c(F)c(F)c(F)c(F)c1F. The van der Waals surface area contributed by atoms with Crippen LogP contribution >= 0.6 is 0 Å². The Hall–Kier alpha value is -1.02. The van der Waals surface area contributed by atoms with Crippen LogP contribution < -0.4 is 0 Å². The molecule has 0 saturated carbocycles. The minimum Gasteiger partial charge on any atom is -0.290 e. The summed E-state index contributed by atoms with van der Waals surface area (Å²) in [6.45, 7) is 1.76. The Morgan fingerprint density at radius 2 is 1.39 bits per heavy atom. The van der Waals surface area contributed by atoms with E-state index in [-0.39, 0.29) is 6.61 Å². The van der Waals surface area contributed by atoms with Gasteiger partial charge in [-0.2, -0.15) is 0 Å². The van der Waals surface area contributed by atoms with Crippen LogP contribution in [0.1, 0.15) is 18.9 Å². The fourth-order valence-corrected chi connectivity index (χ4v) is 2.04. The van der Waals surface area contributed by atoms with E-state index < -0.39 is 51.5 Å². The highest BCUT2D eigenvalue weighted by molar-refractivity contribution is 7.79. The molecule has 1 aromatic carbocycles. The minimum atomic E-state index is -2.24. The van der Waals surface area contributed by atoms with Crippen LogP contribution in [0.2, 0.25) is 0 Å². The molecule has 0 N–H and O–H groups in total. The predicted octanol–water partition coefficient (Wildman–Crippen LogP) is 2.97. The monoisotopic (exact) mass is 288 g/mol. The van der Waals surface area contributed by atoms with E-state index in [0.29, 0.717) is 6.42 Å². The molecule has 8 heteroatoms. The van der Waals surface area contributed by atoms with Crippen LogP contribution in [0.25, 0.3) is 0 Å². The third-order valence-corrected chi connectivity index (χ3v) is 2.94. The van der Waals surface area contributed by atoms with E-state index in [2.05, 4.69) is 4.18 Å². The van der Waals surface area contributed by atoms with Crippen molar-refractivity contribution in [1.82, 2.24) is 0 Å². The van der Waals surface area contributed by atoms with E-state index in [1.807, 2.05) is 0 Å². The van der Waals surface area contributed by atoms with Crippen LogP contribution in [0.4, 0.5) is 22.0 Å². The second kappa shape index (κ2) is 6.24. The van der Waals surface area contributed by atoms with E-state index in [1.54, 1.807) is 6.92 Å². The molecule has 1 aromatic rings. The molecule has 0 spiro atoms. The van der Waals surface area contributed by atoms with Crippen LogP contribution in [0, 0.1) is 29.1 Å². The van der Waals surface area contributed by atoms with Crippen molar-refractivity contribution in [3.63, 3.8) is 0 Å². The van der Waals surface area contributed by atoms with Crippen LogP contribution in [-0.4, -0.2) is 10.8 Å². The predicted molar refractivity (Wildman–Crippen MR) is 54.3 cm³/mol. The van der Waals surface area contributed by atoms with Gasteiger partial charge in [-0.3, -0.25) is 4.18 Å². The van der Waals surface area contributed by atoms with Gasteiger partial charge in [-0.1, -0.05) is 6.92 Å². The Labute approximate surface area is 102 Å². The van der Waals surface area contributed by atoms with Gasteiger partial charge in [-0.05, 0) is 6.42 Å². The van der Waals surface area contributed by atoms with E-state index in [0.717, 1.165) is 0 Å². The molecule has 0 aromatic heterocycles. The highest BCUT2D eigenvalue weighted by Crippen LogP contribution is 2.24. The number of benzene rings is 1. The van der Waals surface area contributed by atoms with Crippen molar-refractivity contribution in [1.29, 1.82) is 0 Å². The van der Waals surface area contributed by atoms with Gasteiger partial charge in [0, 0.05) is 5.56 Å². The fraction of sp³-hybridized carbons (Fsp3) is 0.400. The highest BCUT2D eigenvalue weighted by Gasteiger charge is 2.26. The molecule has 0 saturated heterocycles. The van der Waals surface area contributed by atoms with Gasteiger partial charge in [0.2, 0.25) is 5.82 Å². The van der Waals surface area contributed by atoms with Crippen LogP contribution in [0.3, 0.4) is 0 Å². The molecule has 0 fully saturated rings. The van der Waals surface area contributed by atoms with Crippen LogP contribution in [0.15, 0.2) is 0 Å². The standard InChI is InChI=1S/C10H9F5O2S/c1-2-3-17-18(16)4-5-6(11)8(13)10(15)9(14)7(5)12/h2-4H2,1H3.